The smallest absolute Gasteiger partial charge is 0.259 e. The zero-order valence-electron chi connectivity index (χ0n) is 18.5. The lowest BCUT2D eigenvalue weighted by Crippen LogP contribution is -2.43. The van der Waals surface area contributed by atoms with E-state index in [-0.39, 0.29) is 23.5 Å². The van der Waals surface area contributed by atoms with Crippen molar-refractivity contribution < 1.29 is 13.2 Å². The van der Waals surface area contributed by atoms with E-state index in [9.17, 15) is 8.42 Å². The number of ether oxygens (including phenoxy) is 1. The Labute approximate surface area is 189 Å². The van der Waals surface area contributed by atoms with Crippen molar-refractivity contribution in [2.75, 3.05) is 13.2 Å². The maximum absolute atomic E-state index is 12.6. The highest BCUT2D eigenvalue weighted by molar-refractivity contribution is 7.89. The van der Waals surface area contributed by atoms with Gasteiger partial charge < -0.3 is 14.6 Å². The van der Waals surface area contributed by atoms with Gasteiger partial charge in [-0.25, -0.2) is 18.1 Å². The van der Waals surface area contributed by atoms with Crippen LogP contribution >= 0.6 is 0 Å². The number of benzene rings is 2. The molecule has 8 heteroatoms. The zero-order valence-corrected chi connectivity index (χ0v) is 19.3. The summed E-state index contributed by atoms with van der Waals surface area (Å²) in [6, 6.07) is 16.6. The number of hydrogen-bond donors (Lipinski definition) is 2. The fraction of sp³-hybridized carbons (Fsp3) is 0.375. The summed E-state index contributed by atoms with van der Waals surface area (Å²) in [7, 11) is -1.93. The van der Waals surface area contributed by atoms with Crippen LogP contribution in [0.1, 0.15) is 36.0 Å². The second-order valence-electron chi connectivity index (χ2n) is 8.24. The number of aromatic nitrogens is 2. The first-order valence-electron chi connectivity index (χ1n) is 11.0. The second-order valence-corrected chi connectivity index (χ2v) is 9.96. The number of nitrogens with one attached hydrogen (secondary N) is 2. The molecule has 0 spiro atoms. The molecule has 2 atom stereocenters. The van der Waals surface area contributed by atoms with Crippen LogP contribution in [0.5, 0.6) is 5.75 Å². The van der Waals surface area contributed by atoms with Crippen molar-refractivity contribution in [3.8, 4) is 5.75 Å². The lowest BCUT2D eigenvalue weighted by Gasteiger charge is -2.35. The molecule has 2 heterocycles. The van der Waals surface area contributed by atoms with Gasteiger partial charge in [0.1, 0.15) is 12.4 Å². The summed E-state index contributed by atoms with van der Waals surface area (Å²) in [6.07, 6.45) is 4.91. The third-order valence-electron chi connectivity index (χ3n) is 5.76. The summed E-state index contributed by atoms with van der Waals surface area (Å²) in [5.41, 5.74) is 3.28. The number of rotatable bonds is 9. The predicted molar refractivity (Wildman–Crippen MR) is 124 cm³/mol. The van der Waals surface area contributed by atoms with E-state index in [4.69, 9.17) is 4.74 Å². The normalized spacial score (nSPS) is 18.2. The van der Waals surface area contributed by atoms with E-state index in [2.05, 4.69) is 52.3 Å². The number of aryl methyl sites for hydroxylation is 1. The van der Waals surface area contributed by atoms with Gasteiger partial charge in [-0.2, -0.15) is 0 Å². The summed E-state index contributed by atoms with van der Waals surface area (Å²) in [5, 5.41) is 3.66. The van der Waals surface area contributed by atoms with Crippen LogP contribution in [-0.2, 0) is 30.0 Å². The van der Waals surface area contributed by atoms with Crippen LogP contribution in [0.3, 0.4) is 0 Å². The number of sulfonamides is 1. The maximum atomic E-state index is 12.6. The van der Waals surface area contributed by atoms with Gasteiger partial charge in [0.25, 0.3) is 10.0 Å². The van der Waals surface area contributed by atoms with Crippen molar-refractivity contribution in [1.82, 2.24) is 19.6 Å². The fourth-order valence-corrected chi connectivity index (χ4v) is 5.07. The lowest BCUT2D eigenvalue weighted by atomic mass is 9.83. The fourth-order valence-electron chi connectivity index (χ4n) is 4.07. The van der Waals surface area contributed by atoms with Crippen LogP contribution in [-0.4, -0.2) is 37.2 Å². The zero-order chi connectivity index (χ0) is 22.6. The number of imidazole rings is 1. The average molecular weight is 455 g/mol. The molecule has 4 rings (SSSR count). The molecule has 1 aliphatic heterocycles. The minimum atomic E-state index is -3.67. The highest BCUT2D eigenvalue weighted by Gasteiger charge is 2.31. The van der Waals surface area contributed by atoms with Crippen LogP contribution in [0.2, 0.25) is 0 Å². The molecule has 1 aliphatic rings. The van der Waals surface area contributed by atoms with E-state index in [1.165, 1.54) is 18.1 Å². The van der Waals surface area contributed by atoms with Crippen molar-refractivity contribution in [2.24, 2.45) is 7.05 Å². The molecule has 0 amide bonds. The Morgan fingerprint density at radius 1 is 1.16 bits per heavy atom. The topological polar surface area (TPSA) is 85.3 Å². The van der Waals surface area contributed by atoms with Crippen molar-refractivity contribution in [3.05, 3.63) is 77.7 Å². The Morgan fingerprint density at radius 3 is 2.69 bits per heavy atom. The molecule has 32 heavy (non-hydrogen) atoms. The standard InChI is InChI=1S/C24H30N4O3S/c1-3-11-25-22-16-31-23-10-9-19(14-27-32(29,30)24-15-28(2)17-26-24)13-21(23)20(22)12-18-7-5-4-6-8-18/h4-10,13,15,17,20,22,25,27H,3,11-12,14,16H2,1-2H3/t20-,22+/m0/s1. The van der Waals surface area contributed by atoms with Crippen molar-refractivity contribution >= 4 is 10.0 Å². The summed E-state index contributed by atoms with van der Waals surface area (Å²) < 4.78 is 35.5. The highest BCUT2D eigenvalue weighted by Crippen LogP contribution is 2.37. The van der Waals surface area contributed by atoms with Gasteiger partial charge in [0, 0.05) is 31.7 Å². The van der Waals surface area contributed by atoms with Crippen molar-refractivity contribution in [3.63, 3.8) is 0 Å². The molecular weight excluding hydrogens is 424 g/mol. The summed E-state index contributed by atoms with van der Waals surface area (Å²) >= 11 is 0. The van der Waals surface area contributed by atoms with Gasteiger partial charge in [-0.05, 0) is 42.1 Å². The van der Waals surface area contributed by atoms with Gasteiger partial charge in [0.15, 0.2) is 5.03 Å². The molecule has 0 saturated carbocycles. The van der Waals surface area contributed by atoms with Crippen molar-refractivity contribution in [2.45, 2.75) is 43.3 Å². The molecule has 2 N–H and O–H groups in total. The molecule has 0 saturated heterocycles. The second kappa shape index (κ2) is 9.85. The van der Waals surface area contributed by atoms with E-state index < -0.39 is 10.0 Å². The molecule has 0 radical (unpaired) electrons. The molecule has 0 fully saturated rings. The van der Waals surface area contributed by atoms with Crippen LogP contribution in [0, 0.1) is 0 Å². The van der Waals surface area contributed by atoms with Crippen LogP contribution in [0.15, 0.2) is 66.1 Å². The van der Waals surface area contributed by atoms with Crippen LogP contribution in [0.4, 0.5) is 0 Å². The van der Waals surface area contributed by atoms with E-state index in [1.807, 2.05) is 18.2 Å². The van der Waals surface area contributed by atoms with Gasteiger partial charge in [-0.15, -0.1) is 0 Å². The van der Waals surface area contributed by atoms with Gasteiger partial charge in [0.05, 0.1) is 6.33 Å². The number of hydrogen-bond acceptors (Lipinski definition) is 5. The van der Waals surface area contributed by atoms with Gasteiger partial charge >= 0.3 is 0 Å². The summed E-state index contributed by atoms with van der Waals surface area (Å²) in [4.78, 5) is 3.95. The summed E-state index contributed by atoms with van der Waals surface area (Å²) in [5.74, 6) is 1.11. The van der Waals surface area contributed by atoms with Gasteiger partial charge in [0.2, 0.25) is 0 Å². The Balaban J connectivity index is 1.57. The lowest BCUT2D eigenvalue weighted by molar-refractivity contribution is 0.212. The quantitative estimate of drug-likeness (QED) is 0.519. The van der Waals surface area contributed by atoms with E-state index in [0.717, 1.165) is 36.3 Å². The Morgan fingerprint density at radius 2 is 1.97 bits per heavy atom. The average Bonchev–Trinajstić information content (AvgIpc) is 3.25. The Kier molecular flexibility index (Phi) is 6.93. The number of nitrogens with zero attached hydrogens (tertiary/aromatic N) is 2. The number of fused-ring (bicyclic) bond motifs is 1. The molecule has 0 bridgehead atoms. The molecule has 2 aromatic carbocycles. The largest absolute Gasteiger partial charge is 0.492 e. The van der Waals surface area contributed by atoms with E-state index >= 15 is 0 Å². The Bertz CT molecular complexity index is 1150. The van der Waals surface area contributed by atoms with Crippen molar-refractivity contribution in [1.29, 1.82) is 0 Å². The molecule has 0 aliphatic carbocycles. The molecule has 7 nitrogen and oxygen atoms in total. The first-order chi connectivity index (χ1) is 15.5. The summed E-state index contributed by atoms with van der Waals surface area (Å²) in [6.45, 7) is 3.90. The minimum Gasteiger partial charge on any atom is -0.492 e. The molecule has 0 unspecified atom stereocenters. The predicted octanol–water partition coefficient (Wildman–Crippen LogP) is 2.99. The molecular formula is C24H30N4O3S. The third-order valence-corrected chi connectivity index (χ3v) is 7.04. The van der Waals surface area contributed by atoms with Crippen LogP contribution < -0.4 is 14.8 Å². The van der Waals surface area contributed by atoms with Gasteiger partial charge in [-0.3, -0.25) is 0 Å². The van der Waals surface area contributed by atoms with Gasteiger partial charge in [-0.1, -0.05) is 49.4 Å². The monoisotopic (exact) mass is 454 g/mol. The van der Waals surface area contributed by atoms with E-state index in [0.29, 0.717) is 6.61 Å². The first-order valence-corrected chi connectivity index (χ1v) is 12.4. The van der Waals surface area contributed by atoms with E-state index in [1.54, 1.807) is 11.6 Å². The third kappa shape index (κ3) is 5.20. The highest BCUT2D eigenvalue weighted by atomic mass is 32.2. The van der Waals surface area contributed by atoms with Crippen LogP contribution in [0.25, 0.3) is 0 Å². The molecule has 3 aromatic rings. The SMILES string of the molecule is CCCN[C@@H]1COc2ccc(CNS(=O)(=O)c3cn(C)cn3)cc2[C@@H]1Cc1ccccc1. The molecule has 1 aromatic heterocycles. The maximum Gasteiger partial charge on any atom is 0.259 e. The minimum absolute atomic E-state index is 0.0204. The molecule has 170 valence electrons. The first kappa shape index (κ1) is 22.5. The Hall–Kier alpha value is -2.68.